The third-order valence-corrected chi connectivity index (χ3v) is 4.82. The van der Waals surface area contributed by atoms with Crippen LogP contribution in [0.2, 0.25) is 25.7 Å². The molecule has 0 spiro atoms. The molecule has 0 radical (unpaired) electrons. The molecular weight excluding hydrogens is 304 g/mol. The van der Waals surface area contributed by atoms with E-state index in [0.717, 1.165) is 6.04 Å². The molecule has 0 N–H and O–H groups in total. The molecule has 0 aliphatic rings. The zero-order valence-electron chi connectivity index (χ0n) is 13.1. The highest BCUT2D eigenvalue weighted by atomic mass is 28.3. The molecule has 4 nitrogen and oxygen atoms in total. The van der Waals surface area contributed by atoms with Crippen LogP contribution in [0, 0.1) is 0 Å². The topological polar surface area (TPSA) is 39.9 Å². The predicted octanol–water partition coefficient (Wildman–Crippen LogP) is 4.20. The first kappa shape index (κ1) is 16.8. The summed E-state index contributed by atoms with van der Waals surface area (Å²) in [4.78, 5) is 3.92. The Morgan fingerprint density at radius 3 is 2.64 bits per heavy atom. The van der Waals surface area contributed by atoms with E-state index in [1.807, 2.05) is 0 Å². The number of pyridine rings is 1. The average Bonchev–Trinajstić information content (AvgIpc) is 2.91. The monoisotopic (exact) mass is 325 g/mol. The highest BCUT2D eigenvalue weighted by Crippen LogP contribution is 2.20. The Kier molecular flexibility index (Phi) is 5.41. The lowest BCUT2D eigenvalue weighted by molar-refractivity contribution is 0.0787. The van der Waals surface area contributed by atoms with E-state index in [1.54, 1.807) is 29.1 Å². The van der Waals surface area contributed by atoms with E-state index in [2.05, 4.69) is 29.7 Å². The lowest BCUT2D eigenvalue weighted by atomic mass is 10.2. The summed E-state index contributed by atoms with van der Waals surface area (Å²) in [5.41, 5.74) is 0.772. The van der Waals surface area contributed by atoms with Gasteiger partial charge in [-0.25, -0.2) is 18.4 Å². The van der Waals surface area contributed by atoms with Crippen LogP contribution in [0.4, 0.5) is 8.78 Å². The number of halogens is 2. The third kappa shape index (κ3) is 4.99. The minimum Gasteiger partial charge on any atom is -0.360 e. The van der Waals surface area contributed by atoms with Gasteiger partial charge in [-0.05, 0) is 24.2 Å². The van der Waals surface area contributed by atoms with Gasteiger partial charge in [0, 0.05) is 20.9 Å². The largest absolute Gasteiger partial charge is 0.360 e. The van der Waals surface area contributed by atoms with Gasteiger partial charge in [-0.3, -0.25) is 0 Å². The van der Waals surface area contributed by atoms with Crippen molar-refractivity contribution in [3.63, 3.8) is 0 Å². The van der Waals surface area contributed by atoms with Crippen molar-refractivity contribution in [1.29, 1.82) is 0 Å². The lowest BCUT2D eigenvalue weighted by Gasteiger charge is -2.15. The second kappa shape index (κ2) is 7.10. The van der Waals surface area contributed by atoms with Crippen LogP contribution in [0.15, 0.2) is 30.5 Å². The van der Waals surface area contributed by atoms with Crippen molar-refractivity contribution in [1.82, 2.24) is 14.8 Å². The number of ether oxygens (including phenoxy) is 1. The van der Waals surface area contributed by atoms with Crippen molar-refractivity contribution in [3.05, 3.63) is 36.2 Å². The number of alkyl halides is 2. The van der Waals surface area contributed by atoms with Gasteiger partial charge < -0.3 is 4.74 Å². The third-order valence-electron chi connectivity index (χ3n) is 3.12. The Balaban J connectivity index is 1.95. The molecule has 2 rings (SSSR count). The van der Waals surface area contributed by atoms with Crippen LogP contribution in [-0.4, -0.2) is 29.4 Å². The molecule has 7 heteroatoms. The number of hydrogen-bond acceptors (Lipinski definition) is 3. The molecule has 0 bridgehead atoms. The summed E-state index contributed by atoms with van der Waals surface area (Å²) in [5, 5.41) is 4.31. The Morgan fingerprint density at radius 2 is 1.95 bits per heavy atom. The Bertz CT molecular complexity index is 611. The Morgan fingerprint density at radius 1 is 1.18 bits per heavy atom. The fourth-order valence-corrected chi connectivity index (χ4v) is 2.58. The zero-order chi connectivity index (χ0) is 16.2. The second-order valence-corrected chi connectivity index (χ2v) is 12.0. The van der Waals surface area contributed by atoms with Crippen LogP contribution >= 0.6 is 0 Å². The van der Waals surface area contributed by atoms with Crippen molar-refractivity contribution in [2.45, 2.75) is 38.8 Å². The van der Waals surface area contributed by atoms with E-state index < -0.39 is 14.5 Å². The van der Waals surface area contributed by atoms with Crippen molar-refractivity contribution in [2.75, 3.05) is 6.61 Å². The Labute approximate surface area is 130 Å². The fraction of sp³-hybridized carbons (Fsp3) is 0.467. The van der Waals surface area contributed by atoms with Crippen molar-refractivity contribution >= 4 is 8.07 Å². The molecule has 0 aliphatic heterocycles. The first-order chi connectivity index (χ1) is 10.3. The molecule has 0 aliphatic carbocycles. The number of nitrogens with zero attached hydrogens (tertiary/aromatic N) is 3. The smallest absolute Gasteiger partial charge is 0.280 e. The molecule has 2 aromatic heterocycles. The first-order valence-electron chi connectivity index (χ1n) is 7.22. The van der Waals surface area contributed by atoms with Gasteiger partial charge in [-0.2, -0.15) is 5.10 Å². The van der Waals surface area contributed by atoms with Crippen molar-refractivity contribution in [3.8, 4) is 11.4 Å². The molecule has 2 aromatic rings. The van der Waals surface area contributed by atoms with E-state index >= 15 is 0 Å². The molecule has 0 saturated carbocycles. The van der Waals surface area contributed by atoms with Gasteiger partial charge in [-0.1, -0.05) is 25.7 Å². The van der Waals surface area contributed by atoms with Crippen LogP contribution < -0.4 is 0 Å². The van der Waals surface area contributed by atoms with E-state index in [0.29, 0.717) is 24.7 Å². The maximum absolute atomic E-state index is 12.7. The fourth-order valence-electron chi connectivity index (χ4n) is 1.82. The first-order valence-corrected chi connectivity index (χ1v) is 10.9. The summed E-state index contributed by atoms with van der Waals surface area (Å²) < 4.78 is 32.6. The lowest BCUT2D eigenvalue weighted by Crippen LogP contribution is -2.22. The maximum Gasteiger partial charge on any atom is 0.280 e. The minimum absolute atomic E-state index is 0.238. The van der Waals surface area contributed by atoms with Crippen LogP contribution in [-0.2, 0) is 11.5 Å². The summed E-state index contributed by atoms with van der Waals surface area (Å²) in [5.74, 6) is 0. The molecule has 0 saturated heterocycles. The SMILES string of the molecule is C[Si](C)(C)CCOCn1ccc(-c2cccc(C(F)F)n2)n1. The molecule has 0 unspecified atom stereocenters. The van der Waals surface area contributed by atoms with Gasteiger partial charge in [0.2, 0.25) is 0 Å². The number of rotatable bonds is 7. The van der Waals surface area contributed by atoms with Gasteiger partial charge in [0.1, 0.15) is 18.1 Å². The van der Waals surface area contributed by atoms with E-state index in [1.165, 1.54) is 6.07 Å². The van der Waals surface area contributed by atoms with Gasteiger partial charge in [0.05, 0.1) is 5.69 Å². The maximum atomic E-state index is 12.7. The second-order valence-electron chi connectivity index (χ2n) is 6.34. The molecule has 0 atom stereocenters. The van der Waals surface area contributed by atoms with Crippen LogP contribution in [0.25, 0.3) is 11.4 Å². The summed E-state index contributed by atoms with van der Waals surface area (Å²) in [6.45, 7) is 7.96. The van der Waals surface area contributed by atoms with Crippen molar-refractivity contribution in [2.24, 2.45) is 0 Å². The quantitative estimate of drug-likeness (QED) is 0.566. The predicted molar refractivity (Wildman–Crippen MR) is 84.5 cm³/mol. The molecule has 2 heterocycles. The highest BCUT2D eigenvalue weighted by Gasteiger charge is 2.13. The van der Waals surface area contributed by atoms with E-state index in [-0.39, 0.29) is 5.69 Å². The van der Waals surface area contributed by atoms with Gasteiger partial charge in [0.25, 0.3) is 6.43 Å². The summed E-state index contributed by atoms with van der Waals surface area (Å²) in [6.07, 6.45) is -0.812. The Hall–Kier alpha value is -1.60. The summed E-state index contributed by atoms with van der Waals surface area (Å²) in [7, 11) is -1.10. The normalized spacial score (nSPS) is 12.1. The van der Waals surface area contributed by atoms with Gasteiger partial charge in [0.15, 0.2) is 0 Å². The molecule has 0 aromatic carbocycles. The van der Waals surface area contributed by atoms with E-state index in [9.17, 15) is 8.78 Å². The molecule has 22 heavy (non-hydrogen) atoms. The molecule has 120 valence electrons. The van der Waals surface area contributed by atoms with E-state index in [4.69, 9.17) is 4.74 Å². The van der Waals surface area contributed by atoms with Crippen molar-refractivity contribution < 1.29 is 13.5 Å². The minimum atomic E-state index is -2.58. The molecule has 0 amide bonds. The molecular formula is C15H21F2N3OSi. The molecule has 0 fully saturated rings. The van der Waals surface area contributed by atoms with Crippen LogP contribution in [0.1, 0.15) is 12.1 Å². The summed E-state index contributed by atoms with van der Waals surface area (Å²) >= 11 is 0. The highest BCUT2D eigenvalue weighted by molar-refractivity contribution is 6.76. The van der Waals surface area contributed by atoms with Gasteiger partial charge in [-0.15, -0.1) is 0 Å². The van der Waals surface area contributed by atoms with Crippen LogP contribution in [0.3, 0.4) is 0 Å². The number of aromatic nitrogens is 3. The van der Waals surface area contributed by atoms with Gasteiger partial charge >= 0.3 is 0 Å². The number of hydrogen-bond donors (Lipinski definition) is 0. The average molecular weight is 325 g/mol. The summed E-state index contributed by atoms with van der Waals surface area (Å²) in [6, 6.07) is 7.39. The zero-order valence-corrected chi connectivity index (χ0v) is 14.1. The van der Waals surface area contributed by atoms with Crippen LogP contribution in [0.5, 0.6) is 0 Å². The standard InChI is InChI=1S/C15H21F2N3OSi/c1-22(2,3)10-9-21-11-20-8-7-13(19-20)12-5-4-6-14(18-12)15(16)17/h4-8,15H,9-11H2,1-3H3.